The number of likely N-dealkylation sites (tertiary alicyclic amines) is 1. The molecule has 0 saturated carbocycles. The maximum absolute atomic E-state index is 8.12. The van der Waals surface area contributed by atoms with Gasteiger partial charge >= 0.3 is 0 Å². The summed E-state index contributed by atoms with van der Waals surface area (Å²) in [5, 5.41) is 8.12. The highest BCUT2D eigenvalue weighted by molar-refractivity contribution is 7.93. The number of likely N-dealkylation sites (N-methyl/N-ethyl adjacent to an activating group) is 1. The molecule has 0 bridgehead atoms. The molecule has 37 heavy (non-hydrogen) atoms. The van der Waals surface area contributed by atoms with Crippen molar-refractivity contribution < 1.29 is 8.92 Å². The standard InChI is InChI=1S/C31H37N3O2S/c1-7-34-28-14-13-25(35-6)19-27(28)31(5,20-26-22(3)17-21(2)18-23(26)4)29(34)15-16-33-37-36-30(32)24-11-9-8-10-12-24/h8-13,15-19,28,32H,7,14,20H2,1-6H3/b29-15-,32-30?,33-16-. The SMILES string of the molecule is CCN1/C(=C\C=N/SOC(=N)c2ccccc2)C(C)(Cc2c(C)cc(C)cc2C)C2=CC(OC)=CCC21. The Bertz CT molecular complexity index is 1260. The van der Waals surface area contributed by atoms with Crippen molar-refractivity contribution in [1.29, 1.82) is 5.41 Å². The molecule has 4 rings (SSSR count). The Morgan fingerprint density at radius 1 is 1.19 bits per heavy atom. The third-order valence-electron chi connectivity index (χ3n) is 7.53. The van der Waals surface area contributed by atoms with E-state index in [1.165, 1.54) is 33.5 Å². The summed E-state index contributed by atoms with van der Waals surface area (Å²) in [6.45, 7) is 12.1. The average Bonchev–Trinajstić information content (AvgIpc) is 3.13. The summed E-state index contributed by atoms with van der Waals surface area (Å²) >= 11 is 0.925. The summed E-state index contributed by atoms with van der Waals surface area (Å²) in [5.74, 6) is 1.03. The highest BCUT2D eigenvalue weighted by Crippen LogP contribution is 2.53. The molecule has 6 heteroatoms. The van der Waals surface area contributed by atoms with Crippen molar-refractivity contribution in [2.24, 2.45) is 9.81 Å². The van der Waals surface area contributed by atoms with E-state index in [9.17, 15) is 0 Å². The second-order valence-corrected chi connectivity index (χ2v) is 10.5. The fraction of sp³-hybridized carbons (Fsp3) is 0.355. The van der Waals surface area contributed by atoms with Crippen molar-refractivity contribution in [3.8, 4) is 0 Å². The maximum Gasteiger partial charge on any atom is 0.230 e. The molecular weight excluding hydrogens is 478 g/mol. The molecule has 1 heterocycles. The molecule has 1 aliphatic carbocycles. The minimum absolute atomic E-state index is 0.0935. The summed E-state index contributed by atoms with van der Waals surface area (Å²) < 4.78 is 15.6. The van der Waals surface area contributed by atoms with Crippen molar-refractivity contribution >= 4 is 24.3 Å². The molecule has 194 valence electrons. The number of ether oxygens (including phenoxy) is 1. The lowest BCUT2D eigenvalue weighted by molar-refractivity contribution is 0.289. The van der Waals surface area contributed by atoms with Gasteiger partial charge in [-0.05, 0) is 100 Å². The van der Waals surface area contributed by atoms with Gasteiger partial charge in [-0.1, -0.05) is 35.9 Å². The third kappa shape index (κ3) is 5.54. The van der Waals surface area contributed by atoms with Gasteiger partial charge in [0.25, 0.3) is 0 Å². The number of hydrogen-bond donors (Lipinski definition) is 1. The topological polar surface area (TPSA) is 57.9 Å². The third-order valence-corrected chi connectivity index (χ3v) is 7.98. The minimum atomic E-state index is -0.211. The van der Waals surface area contributed by atoms with Crippen LogP contribution in [0.25, 0.3) is 0 Å². The van der Waals surface area contributed by atoms with E-state index in [1.54, 1.807) is 13.3 Å². The lowest BCUT2D eigenvalue weighted by atomic mass is 9.72. The summed E-state index contributed by atoms with van der Waals surface area (Å²) in [6, 6.07) is 14.3. The van der Waals surface area contributed by atoms with Crippen LogP contribution in [0, 0.1) is 31.6 Å². The Labute approximate surface area is 225 Å². The first-order chi connectivity index (χ1) is 17.8. The molecule has 2 aliphatic rings. The van der Waals surface area contributed by atoms with Crippen molar-refractivity contribution in [3.05, 3.63) is 106 Å². The quantitative estimate of drug-likeness (QED) is 0.174. The van der Waals surface area contributed by atoms with Crippen LogP contribution in [-0.2, 0) is 15.3 Å². The first kappa shape index (κ1) is 26.8. The molecule has 1 saturated heterocycles. The van der Waals surface area contributed by atoms with Gasteiger partial charge in [0.1, 0.15) is 5.76 Å². The van der Waals surface area contributed by atoms with E-state index in [0.717, 1.165) is 42.9 Å². The molecule has 5 nitrogen and oxygen atoms in total. The van der Waals surface area contributed by atoms with E-state index in [-0.39, 0.29) is 11.3 Å². The number of nitrogens with zero attached hydrogens (tertiary/aromatic N) is 2. The molecule has 1 aliphatic heterocycles. The lowest BCUT2D eigenvalue weighted by Crippen LogP contribution is -2.29. The second kappa shape index (κ2) is 11.4. The summed E-state index contributed by atoms with van der Waals surface area (Å²) in [5.41, 5.74) is 8.52. The van der Waals surface area contributed by atoms with E-state index in [0.29, 0.717) is 6.04 Å². The zero-order valence-electron chi connectivity index (χ0n) is 22.7. The van der Waals surface area contributed by atoms with Crippen LogP contribution in [-0.4, -0.2) is 36.7 Å². The van der Waals surface area contributed by atoms with Crippen LogP contribution in [0.5, 0.6) is 0 Å². The monoisotopic (exact) mass is 515 g/mol. The first-order valence-electron chi connectivity index (χ1n) is 12.8. The van der Waals surface area contributed by atoms with E-state index in [4.69, 9.17) is 14.3 Å². The van der Waals surface area contributed by atoms with Crippen LogP contribution in [0.4, 0.5) is 0 Å². The minimum Gasteiger partial charge on any atom is -0.497 e. The van der Waals surface area contributed by atoms with Gasteiger partial charge in [-0.15, -0.1) is 0 Å². The van der Waals surface area contributed by atoms with E-state index in [1.807, 2.05) is 30.3 Å². The van der Waals surface area contributed by atoms with Crippen LogP contribution in [0.15, 0.2) is 82.1 Å². The Morgan fingerprint density at radius 2 is 1.89 bits per heavy atom. The molecule has 2 aromatic carbocycles. The molecule has 2 atom stereocenters. The van der Waals surface area contributed by atoms with Gasteiger partial charge in [0.05, 0.1) is 13.2 Å². The molecule has 2 aromatic rings. The molecule has 1 N–H and O–H groups in total. The normalized spacial score (nSPS) is 22.2. The smallest absolute Gasteiger partial charge is 0.230 e. The van der Waals surface area contributed by atoms with Gasteiger partial charge in [-0.25, -0.2) is 0 Å². The van der Waals surface area contributed by atoms with Crippen LogP contribution in [0.1, 0.15) is 48.1 Å². The van der Waals surface area contributed by atoms with E-state index in [2.05, 4.69) is 74.3 Å². The number of aryl methyl sites for hydroxylation is 3. The van der Waals surface area contributed by atoms with Gasteiger partial charge in [-0.2, -0.15) is 4.40 Å². The molecule has 2 unspecified atom stereocenters. The zero-order valence-corrected chi connectivity index (χ0v) is 23.5. The van der Waals surface area contributed by atoms with Crippen molar-refractivity contribution in [3.63, 3.8) is 0 Å². The highest BCUT2D eigenvalue weighted by atomic mass is 32.2. The fourth-order valence-corrected chi connectivity index (χ4v) is 6.11. The molecule has 0 radical (unpaired) electrons. The second-order valence-electron chi connectivity index (χ2n) is 9.99. The zero-order chi connectivity index (χ0) is 26.6. The number of allylic oxidation sites excluding steroid dienone is 3. The van der Waals surface area contributed by atoms with Gasteiger partial charge in [0.15, 0.2) is 0 Å². The summed E-state index contributed by atoms with van der Waals surface area (Å²) in [4.78, 5) is 2.50. The largest absolute Gasteiger partial charge is 0.497 e. The number of nitrogens with one attached hydrogen (secondary N) is 1. The maximum atomic E-state index is 8.12. The van der Waals surface area contributed by atoms with Crippen molar-refractivity contribution in [2.75, 3.05) is 13.7 Å². The predicted molar refractivity (Wildman–Crippen MR) is 155 cm³/mol. The van der Waals surface area contributed by atoms with E-state index >= 15 is 0 Å². The Kier molecular flexibility index (Phi) is 8.28. The summed E-state index contributed by atoms with van der Waals surface area (Å²) in [6.07, 6.45) is 10.2. The highest BCUT2D eigenvalue weighted by Gasteiger charge is 2.49. The van der Waals surface area contributed by atoms with Gasteiger partial charge in [-0.3, -0.25) is 5.41 Å². The molecule has 0 amide bonds. The van der Waals surface area contributed by atoms with Crippen LogP contribution < -0.4 is 0 Å². The summed E-state index contributed by atoms with van der Waals surface area (Å²) in [7, 11) is 1.75. The molecule has 0 spiro atoms. The number of benzene rings is 2. The van der Waals surface area contributed by atoms with Gasteiger partial charge < -0.3 is 13.8 Å². The first-order valence-corrected chi connectivity index (χ1v) is 13.5. The molecular formula is C31H37N3O2S. The van der Waals surface area contributed by atoms with Crippen LogP contribution in [0.3, 0.4) is 0 Å². The van der Waals surface area contributed by atoms with Crippen LogP contribution in [0.2, 0.25) is 0 Å². The lowest BCUT2D eigenvalue weighted by Gasteiger charge is -2.31. The predicted octanol–water partition coefficient (Wildman–Crippen LogP) is 7.29. The Hall–Kier alpha value is -3.25. The van der Waals surface area contributed by atoms with Crippen molar-refractivity contribution in [1.82, 2.24) is 4.90 Å². The molecule has 1 fully saturated rings. The van der Waals surface area contributed by atoms with Crippen molar-refractivity contribution in [2.45, 2.75) is 53.5 Å². The Morgan fingerprint density at radius 3 is 2.54 bits per heavy atom. The average molecular weight is 516 g/mol. The number of rotatable bonds is 8. The van der Waals surface area contributed by atoms with E-state index < -0.39 is 0 Å². The fourth-order valence-electron chi connectivity index (χ4n) is 5.79. The van der Waals surface area contributed by atoms with Gasteiger partial charge in [0, 0.05) is 29.4 Å². The number of hydrogen-bond acceptors (Lipinski definition) is 6. The van der Waals surface area contributed by atoms with Gasteiger partial charge in [0.2, 0.25) is 18.1 Å². The Balaban J connectivity index is 1.65. The number of methoxy groups -OCH3 is 1. The molecule has 0 aromatic heterocycles. The van der Waals surface area contributed by atoms with Crippen LogP contribution >= 0.6 is 12.2 Å². The number of fused-ring (bicyclic) bond motifs is 1.